The smallest absolute Gasteiger partial charge is 0.340 e. The molecule has 4 aromatic carbocycles. The van der Waals surface area contributed by atoms with Gasteiger partial charge in [0.25, 0.3) is 0 Å². The van der Waals surface area contributed by atoms with E-state index in [-0.39, 0.29) is 22.3 Å². The zero-order valence-electron chi connectivity index (χ0n) is 23.1. The second-order valence-electron chi connectivity index (χ2n) is 9.69. The average Bonchev–Trinajstić information content (AvgIpc) is 3.05. The minimum Gasteiger partial charge on any atom is -0.452 e. The van der Waals surface area contributed by atoms with Gasteiger partial charge in [0.15, 0.2) is 12.2 Å². The van der Waals surface area contributed by atoms with Crippen molar-refractivity contribution in [2.24, 2.45) is 0 Å². The average molecular weight is 581 g/mol. The van der Waals surface area contributed by atoms with E-state index >= 15 is 0 Å². The van der Waals surface area contributed by atoms with E-state index in [1.54, 1.807) is 116 Å². The van der Waals surface area contributed by atoms with Crippen LogP contribution >= 0.6 is 0 Å². The fourth-order valence-corrected chi connectivity index (χ4v) is 4.54. The minimum atomic E-state index is -1.52. The van der Waals surface area contributed by atoms with Gasteiger partial charge in [-0.2, -0.15) is 0 Å². The van der Waals surface area contributed by atoms with Crippen molar-refractivity contribution in [1.82, 2.24) is 0 Å². The van der Waals surface area contributed by atoms with E-state index in [9.17, 15) is 19.2 Å². The van der Waals surface area contributed by atoms with Crippen molar-refractivity contribution in [3.8, 4) is 0 Å². The SMILES string of the molecule is C[C@@H]1O[C@@H](OC(=O)c2ccccc2)[C@H](OC(=O)c2ccccc2)[C@H](OC(=O)c2ccccc2)[C@H]1OC(=O)c1ccccc1. The molecule has 0 saturated carbocycles. The van der Waals surface area contributed by atoms with Gasteiger partial charge < -0.3 is 23.7 Å². The first-order valence-electron chi connectivity index (χ1n) is 13.6. The molecule has 218 valence electrons. The van der Waals surface area contributed by atoms with Gasteiger partial charge in [-0.1, -0.05) is 72.8 Å². The topological polar surface area (TPSA) is 114 Å². The molecular formula is C34H28O9. The van der Waals surface area contributed by atoms with E-state index in [1.165, 1.54) is 12.1 Å². The Morgan fingerprint density at radius 3 is 1.12 bits per heavy atom. The highest BCUT2D eigenvalue weighted by molar-refractivity contribution is 5.92. The van der Waals surface area contributed by atoms with Gasteiger partial charge in [0.1, 0.15) is 0 Å². The number of ether oxygens (including phenoxy) is 5. The third-order valence-corrected chi connectivity index (χ3v) is 6.72. The Morgan fingerprint density at radius 2 is 0.744 bits per heavy atom. The van der Waals surface area contributed by atoms with Crippen molar-refractivity contribution in [2.75, 3.05) is 0 Å². The van der Waals surface area contributed by atoms with Crippen molar-refractivity contribution >= 4 is 23.9 Å². The Morgan fingerprint density at radius 1 is 0.442 bits per heavy atom. The molecule has 1 fully saturated rings. The van der Waals surface area contributed by atoms with Crippen molar-refractivity contribution in [3.63, 3.8) is 0 Å². The summed E-state index contributed by atoms with van der Waals surface area (Å²) in [6.07, 6.45) is -6.67. The first-order chi connectivity index (χ1) is 20.9. The maximum atomic E-state index is 13.3. The molecule has 5 atom stereocenters. The van der Waals surface area contributed by atoms with Crippen LogP contribution in [0.1, 0.15) is 48.4 Å². The molecule has 0 bridgehead atoms. The van der Waals surface area contributed by atoms with Gasteiger partial charge in [0.05, 0.1) is 28.4 Å². The molecule has 4 aromatic rings. The molecule has 0 N–H and O–H groups in total. The third kappa shape index (κ3) is 7.14. The van der Waals surface area contributed by atoms with Gasteiger partial charge in [-0.3, -0.25) is 0 Å². The molecule has 9 nitrogen and oxygen atoms in total. The highest BCUT2D eigenvalue weighted by Gasteiger charge is 2.53. The van der Waals surface area contributed by atoms with E-state index in [0.29, 0.717) is 0 Å². The van der Waals surface area contributed by atoms with Crippen LogP contribution in [0.5, 0.6) is 0 Å². The minimum absolute atomic E-state index is 0.195. The lowest BCUT2D eigenvalue weighted by molar-refractivity contribution is -0.274. The quantitative estimate of drug-likeness (QED) is 0.203. The Hall–Kier alpha value is -5.28. The summed E-state index contributed by atoms with van der Waals surface area (Å²) in [7, 11) is 0. The van der Waals surface area contributed by atoms with Gasteiger partial charge in [0, 0.05) is 0 Å². The molecule has 5 rings (SSSR count). The van der Waals surface area contributed by atoms with Crippen molar-refractivity contribution < 1.29 is 42.9 Å². The second kappa shape index (κ2) is 13.6. The lowest BCUT2D eigenvalue weighted by atomic mass is 9.98. The summed E-state index contributed by atoms with van der Waals surface area (Å²) >= 11 is 0. The Balaban J connectivity index is 1.51. The number of benzene rings is 4. The van der Waals surface area contributed by atoms with Gasteiger partial charge in [-0.05, 0) is 55.5 Å². The number of hydrogen-bond donors (Lipinski definition) is 0. The molecule has 0 aromatic heterocycles. The molecule has 43 heavy (non-hydrogen) atoms. The standard InChI is InChI=1S/C34H28O9/c1-22-27(40-30(35)23-14-6-2-7-15-23)28(41-31(36)24-16-8-3-9-17-24)29(42-32(37)25-18-10-4-11-19-25)34(39-22)43-33(38)26-20-12-5-13-21-26/h2-22,27-29,34H,1H3/t22-,27-,28+,29+,34-/m0/s1. The van der Waals surface area contributed by atoms with Crippen molar-refractivity contribution in [3.05, 3.63) is 144 Å². The van der Waals surface area contributed by atoms with Gasteiger partial charge >= 0.3 is 23.9 Å². The van der Waals surface area contributed by atoms with E-state index in [4.69, 9.17) is 23.7 Å². The molecule has 0 radical (unpaired) electrons. The van der Waals surface area contributed by atoms with Gasteiger partial charge in [-0.15, -0.1) is 0 Å². The van der Waals surface area contributed by atoms with Crippen molar-refractivity contribution in [2.45, 2.75) is 37.6 Å². The number of esters is 4. The van der Waals surface area contributed by atoms with Crippen LogP contribution < -0.4 is 0 Å². The van der Waals surface area contributed by atoms with E-state index in [1.807, 2.05) is 0 Å². The van der Waals surface area contributed by atoms with Crippen LogP contribution in [0.3, 0.4) is 0 Å². The molecule has 9 heteroatoms. The maximum absolute atomic E-state index is 13.3. The summed E-state index contributed by atoms with van der Waals surface area (Å²) in [5, 5.41) is 0. The van der Waals surface area contributed by atoms with Gasteiger partial charge in [0.2, 0.25) is 12.4 Å². The summed E-state index contributed by atoms with van der Waals surface area (Å²) in [5.74, 6) is -3.03. The fourth-order valence-electron chi connectivity index (χ4n) is 4.54. The van der Waals surface area contributed by atoms with Crippen LogP contribution in [0.15, 0.2) is 121 Å². The van der Waals surface area contributed by atoms with Crippen LogP contribution in [-0.4, -0.2) is 54.6 Å². The number of carbonyl (C=O) groups is 4. The number of carbonyl (C=O) groups excluding carboxylic acids is 4. The zero-order valence-corrected chi connectivity index (χ0v) is 23.1. The zero-order chi connectivity index (χ0) is 30.2. The molecule has 1 heterocycles. The largest absolute Gasteiger partial charge is 0.452 e. The summed E-state index contributed by atoms with van der Waals surface area (Å²) in [6.45, 7) is 1.57. The molecule has 0 spiro atoms. The highest BCUT2D eigenvalue weighted by atomic mass is 16.7. The Kier molecular flexibility index (Phi) is 9.23. The van der Waals surface area contributed by atoms with Crippen molar-refractivity contribution in [1.29, 1.82) is 0 Å². The predicted octanol–water partition coefficient (Wildman–Crippen LogP) is 5.27. The Bertz CT molecular complexity index is 1540. The summed E-state index contributed by atoms with van der Waals surface area (Å²) in [5.41, 5.74) is 0.876. The number of rotatable bonds is 8. The van der Waals surface area contributed by atoms with Crippen LogP contribution in [0.4, 0.5) is 0 Å². The first-order valence-corrected chi connectivity index (χ1v) is 13.6. The summed E-state index contributed by atoms with van der Waals surface area (Å²) in [4.78, 5) is 52.8. The monoisotopic (exact) mass is 580 g/mol. The molecule has 1 saturated heterocycles. The van der Waals surface area contributed by atoms with E-state index < -0.39 is 54.6 Å². The first kappa shape index (κ1) is 29.2. The van der Waals surface area contributed by atoms with E-state index in [2.05, 4.69) is 0 Å². The third-order valence-electron chi connectivity index (χ3n) is 6.72. The number of hydrogen-bond acceptors (Lipinski definition) is 9. The van der Waals surface area contributed by atoms with Crippen LogP contribution in [0, 0.1) is 0 Å². The Labute approximate surface area is 247 Å². The fraction of sp³-hybridized carbons (Fsp3) is 0.176. The molecule has 0 unspecified atom stereocenters. The normalized spacial score (nSPS) is 21.2. The second-order valence-corrected chi connectivity index (χ2v) is 9.69. The molecule has 0 amide bonds. The maximum Gasteiger partial charge on any atom is 0.340 e. The molecular weight excluding hydrogens is 552 g/mol. The summed E-state index contributed by atoms with van der Waals surface area (Å²) in [6, 6.07) is 32.7. The lowest BCUT2D eigenvalue weighted by Gasteiger charge is -2.43. The molecule has 1 aliphatic rings. The summed E-state index contributed by atoms with van der Waals surface area (Å²) < 4.78 is 29.2. The van der Waals surface area contributed by atoms with Crippen LogP contribution in [-0.2, 0) is 23.7 Å². The predicted molar refractivity (Wildman–Crippen MR) is 153 cm³/mol. The molecule has 0 aliphatic carbocycles. The molecule has 1 aliphatic heterocycles. The van der Waals surface area contributed by atoms with Gasteiger partial charge in [-0.25, -0.2) is 19.2 Å². The highest BCUT2D eigenvalue weighted by Crippen LogP contribution is 2.31. The van der Waals surface area contributed by atoms with Crippen LogP contribution in [0.25, 0.3) is 0 Å². The van der Waals surface area contributed by atoms with E-state index in [0.717, 1.165) is 0 Å². The van der Waals surface area contributed by atoms with Crippen LogP contribution in [0.2, 0.25) is 0 Å². The lowest BCUT2D eigenvalue weighted by Crippen LogP contribution is -2.61.